The molecular formula is C26H27FN6O3S. The number of alkyl halides is 1. The van der Waals surface area contributed by atoms with Crippen molar-refractivity contribution in [3.8, 4) is 11.3 Å². The number of morpholine rings is 1. The largest absolute Gasteiger partial charge is 0.451 e. The Morgan fingerprint density at radius 2 is 1.89 bits per heavy atom. The topological polar surface area (TPSA) is 96.6 Å². The first-order valence-electron chi connectivity index (χ1n) is 12.4. The van der Waals surface area contributed by atoms with E-state index in [1.54, 1.807) is 18.3 Å². The maximum atomic E-state index is 13.9. The number of carbonyl (C=O) groups excluding carboxylic acids is 1. The second-order valence-electron chi connectivity index (χ2n) is 9.24. The van der Waals surface area contributed by atoms with E-state index in [0.29, 0.717) is 62.1 Å². The minimum absolute atomic E-state index is 0.191. The summed E-state index contributed by atoms with van der Waals surface area (Å²) in [6, 6.07) is 9.09. The molecule has 0 unspecified atom stereocenters. The van der Waals surface area contributed by atoms with Crippen LogP contribution < -0.4 is 15.1 Å². The number of rotatable bonds is 5. The fourth-order valence-electron chi connectivity index (χ4n) is 4.62. The highest BCUT2D eigenvalue weighted by Crippen LogP contribution is 2.36. The summed E-state index contributed by atoms with van der Waals surface area (Å²) < 4.78 is 26.1. The van der Waals surface area contributed by atoms with E-state index in [4.69, 9.17) is 19.1 Å². The molecule has 2 fully saturated rings. The fraction of sp³-hybridized carbons (Fsp3) is 0.385. The van der Waals surface area contributed by atoms with E-state index < -0.39 is 6.17 Å². The molecule has 1 N–H and O–H groups in total. The van der Waals surface area contributed by atoms with E-state index in [-0.39, 0.29) is 11.7 Å². The van der Waals surface area contributed by atoms with Gasteiger partial charge in [0.15, 0.2) is 22.4 Å². The highest BCUT2D eigenvalue weighted by atomic mass is 32.1. The average Bonchev–Trinajstić information content (AvgIpc) is 3.57. The van der Waals surface area contributed by atoms with Crippen molar-refractivity contribution >= 4 is 44.2 Å². The number of thiazole rings is 1. The van der Waals surface area contributed by atoms with Crippen LogP contribution in [0, 0.1) is 6.92 Å². The highest BCUT2D eigenvalue weighted by Gasteiger charge is 2.25. The van der Waals surface area contributed by atoms with Gasteiger partial charge in [0.1, 0.15) is 11.9 Å². The van der Waals surface area contributed by atoms with Gasteiger partial charge in [-0.15, -0.1) is 0 Å². The van der Waals surface area contributed by atoms with Crippen molar-refractivity contribution < 1.29 is 18.3 Å². The van der Waals surface area contributed by atoms with Gasteiger partial charge in [-0.2, -0.15) is 4.98 Å². The van der Waals surface area contributed by atoms with Gasteiger partial charge >= 0.3 is 0 Å². The van der Waals surface area contributed by atoms with Crippen molar-refractivity contribution in [2.24, 2.45) is 0 Å². The molecule has 0 saturated carbocycles. The van der Waals surface area contributed by atoms with Crippen molar-refractivity contribution in [1.82, 2.24) is 15.0 Å². The summed E-state index contributed by atoms with van der Waals surface area (Å²) in [5.41, 5.74) is 2.89. The van der Waals surface area contributed by atoms with Crippen molar-refractivity contribution in [2.45, 2.75) is 25.9 Å². The maximum Gasteiger partial charge on any atom is 0.291 e. The third kappa shape index (κ3) is 5.01. The molecule has 1 amide bonds. The van der Waals surface area contributed by atoms with Gasteiger partial charge in [0, 0.05) is 43.6 Å². The molecule has 2 aliphatic rings. The van der Waals surface area contributed by atoms with Gasteiger partial charge in [-0.25, -0.2) is 9.37 Å². The number of nitrogens with one attached hydrogen (secondary N) is 1. The Morgan fingerprint density at radius 3 is 2.68 bits per heavy atom. The maximum absolute atomic E-state index is 13.9. The van der Waals surface area contributed by atoms with Gasteiger partial charge in [0.2, 0.25) is 0 Å². The molecule has 2 saturated heterocycles. The van der Waals surface area contributed by atoms with Crippen LogP contribution in [0.4, 0.5) is 21.0 Å². The molecule has 0 spiro atoms. The number of hydrogen-bond acceptors (Lipinski definition) is 9. The predicted octanol–water partition coefficient (Wildman–Crippen LogP) is 4.68. The minimum atomic E-state index is -0.816. The number of hydrogen-bond donors (Lipinski definition) is 1. The van der Waals surface area contributed by atoms with Gasteiger partial charge < -0.3 is 24.3 Å². The van der Waals surface area contributed by atoms with E-state index in [9.17, 15) is 9.18 Å². The number of carbonyl (C=O) groups is 1. The smallest absolute Gasteiger partial charge is 0.291 e. The zero-order valence-corrected chi connectivity index (χ0v) is 21.3. The van der Waals surface area contributed by atoms with Crippen LogP contribution in [0.5, 0.6) is 0 Å². The quantitative estimate of drug-likeness (QED) is 0.404. The standard InChI is InChI=1S/C26H27FN6O3S/c1-16-14-17(4-7-28-16)20-2-3-21(36-20)25(34)29-19-15-22-23(30-24(19)32-8-5-18(27)6-9-32)31-26(37-22)33-10-12-35-13-11-33/h2-4,7,14-15,18H,5-6,8-13H2,1H3,(H,29,34). The molecule has 6 heterocycles. The van der Waals surface area contributed by atoms with E-state index in [1.165, 1.54) is 11.3 Å². The van der Waals surface area contributed by atoms with E-state index >= 15 is 0 Å². The summed E-state index contributed by atoms with van der Waals surface area (Å²) in [6.07, 6.45) is 1.75. The zero-order chi connectivity index (χ0) is 25.4. The first kappa shape index (κ1) is 23.8. The monoisotopic (exact) mass is 522 g/mol. The third-order valence-corrected chi connectivity index (χ3v) is 7.67. The summed E-state index contributed by atoms with van der Waals surface area (Å²) in [5.74, 6) is 1.00. The van der Waals surface area contributed by atoms with Crippen LogP contribution >= 0.6 is 11.3 Å². The molecule has 37 heavy (non-hydrogen) atoms. The summed E-state index contributed by atoms with van der Waals surface area (Å²) in [7, 11) is 0. The number of pyridine rings is 2. The van der Waals surface area contributed by atoms with Gasteiger partial charge in [0.05, 0.1) is 23.6 Å². The number of anilines is 3. The number of amides is 1. The van der Waals surface area contributed by atoms with Crippen LogP contribution in [-0.2, 0) is 4.74 Å². The number of piperidine rings is 1. The number of nitrogens with zero attached hydrogens (tertiary/aromatic N) is 5. The van der Waals surface area contributed by atoms with Crippen LogP contribution in [0.25, 0.3) is 21.7 Å². The fourth-order valence-corrected chi connectivity index (χ4v) is 5.62. The highest BCUT2D eigenvalue weighted by molar-refractivity contribution is 7.22. The van der Waals surface area contributed by atoms with E-state index in [2.05, 4.69) is 15.2 Å². The summed E-state index contributed by atoms with van der Waals surface area (Å²) in [5, 5.41) is 3.88. The lowest BCUT2D eigenvalue weighted by molar-refractivity contribution is 0.0997. The number of furan rings is 1. The van der Waals surface area contributed by atoms with E-state index in [0.717, 1.165) is 34.2 Å². The van der Waals surface area contributed by atoms with Crippen LogP contribution in [0.3, 0.4) is 0 Å². The molecule has 2 aliphatic heterocycles. The van der Waals surface area contributed by atoms with Crippen LogP contribution in [0.1, 0.15) is 29.1 Å². The lowest BCUT2D eigenvalue weighted by atomic mass is 10.1. The van der Waals surface area contributed by atoms with Crippen molar-refractivity contribution in [1.29, 1.82) is 0 Å². The minimum Gasteiger partial charge on any atom is -0.451 e. The second-order valence-corrected chi connectivity index (χ2v) is 10.3. The van der Waals surface area contributed by atoms with Crippen molar-refractivity contribution in [3.05, 3.63) is 48.0 Å². The molecular weight excluding hydrogens is 495 g/mol. The summed E-state index contributed by atoms with van der Waals surface area (Å²) in [6.45, 7) is 5.83. The average molecular weight is 523 g/mol. The number of halogens is 1. The Labute approximate surface area is 217 Å². The van der Waals surface area contributed by atoms with Gasteiger partial charge in [-0.05, 0) is 50.1 Å². The predicted molar refractivity (Wildman–Crippen MR) is 141 cm³/mol. The Kier molecular flexibility index (Phi) is 6.47. The molecule has 0 radical (unpaired) electrons. The molecule has 4 aromatic rings. The number of aryl methyl sites for hydroxylation is 1. The molecule has 0 atom stereocenters. The Morgan fingerprint density at radius 1 is 1.08 bits per heavy atom. The van der Waals surface area contributed by atoms with Crippen molar-refractivity contribution in [2.75, 3.05) is 54.5 Å². The normalized spacial score (nSPS) is 16.9. The first-order valence-corrected chi connectivity index (χ1v) is 13.2. The Hall–Kier alpha value is -3.57. The van der Waals surface area contributed by atoms with Crippen molar-refractivity contribution in [3.63, 3.8) is 0 Å². The van der Waals surface area contributed by atoms with Crippen LogP contribution in [-0.4, -0.2) is 66.4 Å². The van der Waals surface area contributed by atoms with Crippen LogP contribution in [0.15, 0.2) is 40.9 Å². The second kappa shape index (κ2) is 10.1. The first-order chi connectivity index (χ1) is 18.0. The molecule has 11 heteroatoms. The van der Waals surface area contributed by atoms with Gasteiger partial charge in [0.25, 0.3) is 5.91 Å². The third-order valence-electron chi connectivity index (χ3n) is 6.62. The summed E-state index contributed by atoms with van der Waals surface area (Å²) in [4.78, 5) is 31.3. The lowest BCUT2D eigenvalue weighted by Crippen LogP contribution is -2.36. The molecule has 0 aliphatic carbocycles. The molecule has 9 nitrogen and oxygen atoms in total. The number of ether oxygens (including phenoxy) is 1. The Bertz CT molecular complexity index is 1420. The van der Waals surface area contributed by atoms with Crippen LogP contribution in [0.2, 0.25) is 0 Å². The number of fused-ring (bicyclic) bond motifs is 1. The molecule has 6 rings (SSSR count). The molecule has 192 valence electrons. The van der Waals surface area contributed by atoms with Gasteiger partial charge in [-0.3, -0.25) is 9.78 Å². The zero-order valence-electron chi connectivity index (χ0n) is 20.4. The van der Waals surface area contributed by atoms with Gasteiger partial charge in [-0.1, -0.05) is 11.3 Å². The molecule has 0 aromatic carbocycles. The number of aromatic nitrogens is 3. The summed E-state index contributed by atoms with van der Waals surface area (Å²) >= 11 is 1.54. The SMILES string of the molecule is Cc1cc(-c2ccc(C(=O)Nc3cc4sc(N5CCOCC5)nc4nc3N3CCC(F)CC3)o2)ccn1. The lowest BCUT2D eigenvalue weighted by Gasteiger charge is -2.30. The Balaban J connectivity index is 1.31. The molecule has 0 bridgehead atoms. The van der Waals surface area contributed by atoms with E-state index in [1.807, 2.05) is 30.0 Å². The molecule has 4 aromatic heterocycles.